The van der Waals surface area contributed by atoms with Gasteiger partial charge in [0.25, 0.3) is 0 Å². The van der Waals surface area contributed by atoms with Crippen LogP contribution in [-0.4, -0.2) is 22.2 Å². The Morgan fingerprint density at radius 3 is 3.05 bits per heavy atom. The first-order chi connectivity index (χ1) is 9.26. The molecule has 0 saturated carbocycles. The van der Waals surface area contributed by atoms with Crippen LogP contribution in [0.3, 0.4) is 0 Å². The normalized spacial score (nSPS) is 12.7. The predicted molar refractivity (Wildman–Crippen MR) is 74.7 cm³/mol. The van der Waals surface area contributed by atoms with Gasteiger partial charge in [0.15, 0.2) is 0 Å². The molecule has 1 aromatic carbocycles. The zero-order chi connectivity index (χ0) is 13.2. The highest BCUT2D eigenvalue weighted by Gasteiger charge is 2.12. The summed E-state index contributed by atoms with van der Waals surface area (Å²) < 4.78 is 6.64. The van der Waals surface area contributed by atoms with Crippen LogP contribution in [-0.2, 0) is 0 Å². The maximum absolute atomic E-state index is 5.53. The molecule has 7 heteroatoms. The third-order valence-electron chi connectivity index (χ3n) is 2.83. The Hall–Kier alpha value is -1.99. The summed E-state index contributed by atoms with van der Waals surface area (Å²) >= 11 is 1.60. The van der Waals surface area contributed by atoms with Gasteiger partial charge in [-0.25, -0.2) is 4.98 Å². The van der Waals surface area contributed by atoms with Gasteiger partial charge in [-0.1, -0.05) is 5.10 Å². The maximum Gasteiger partial charge on any atom is 0.320 e. The van der Waals surface area contributed by atoms with Gasteiger partial charge < -0.3 is 15.1 Å². The standard InChI is InChI=1S/C12H13N5OS/c1-7(13-2)11-16-17-12(18-11)15-8-3-4-9-10(5-8)19-6-14-9/h3-7,13H,1-2H3,(H,15,17). The Morgan fingerprint density at radius 2 is 2.21 bits per heavy atom. The molecule has 1 atom stereocenters. The van der Waals surface area contributed by atoms with Crippen LogP contribution in [0.15, 0.2) is 28.1 Å². The smallest absolute Gasteiger partial charge is 0.320 e. The van der Waals surface area contributed by atoms with E-state index in [1.54, 1.807) is 11.3 Å². The molecule has 0 radical (unpaired) electrons. The van der Waals surface area contributed by atoms with Crippen molar-refractivity contribution in [3.63, 3.8) is 0 Å². The Kier molecular flexibility index (Phi) is 3.14. The van der Waals surface area contributed by atoms with E-state index in [4.69, 9.17) is 4.42 Å². The van der Waals surface area contributed by atoms with Crippen molar-refractivity contribution < 1.29 is 4.42 Å². The number of fused-ring (bicyclic) bond motifs is 1. The number of aromatic nitrogens is 3. The van der Waals surface area contributed by atoms with E-state index in [1.807, 2.05) is 37.7 Å². The van der Waals surface area contributed by atoms with Crippen molar-refractivity contribution >= 4 is 33.3 Å². The summed E-state index contributed by atoms with van der Waals surface area (Å²) in [6.07, 6.45) is 0. The third-order valence-corrected chi connectivity index (χ3v) is 3.62. The molecule has 19 heavy (non-hydrogen) atoms. The van der Waals surface area contributed by atoms with Gasteiger partial charge in [0.2, 0.25) is 5.89 Å². The zero-order valence-corrected chi connectivity index (χ0v) is 11.4. The second kappa shape index (κ2) is 4.94. The van der Waals surface area contributed by atoms with E-state index in [0.29, 0.717) is 11.9 Å². The molecule has 0 amide bonds. The topological polar surface area (TPSA) is 75.9 Å². The summed E-state index contributed by atoms with van der Waals surface area (Å²) in [7, 11) is 1.85. The van der Waals surface area contributed by atoms with Crippen molar-refractivity contribution in [2.24, 2.45) is 0 Å². The molecule has 98 valence electrons. The average molecular weight is 275 g/mol. The average Bonchev–Trinajstić information content (AvgIpc) is 3.06. The minimum atomic E-state index is 0.0343. The maximum atomic E-state index is 5.53. The summed E-state index contributed by atoms with van der Waals surface area (Å²) in [5.74, 6) is 0.559. The number of nitrogens with one attached hydrogen (secondary N) is 2. The number of anilines is 2. The van der Waals surface area contributed by atoms with Crippen molar-refractivity contribution in [1.82, 2.24) is 20.5 Å². The quantitative estimate of drug-likeness (QED) is 0.762. The Bertz CT molecular complexity index is 692. The van der Waals surface area contributed by atoms with E-state index >= 15 is 0 Å². The first kappa shape index (κ1) is 12.1. The van der Waals surface area contributed by atoms with Crippen LogP contribution in [0.25, 0.3) is 10.2 Å². The van der Waals surface area contributed by atoms with Crippen LogP contribution in [0.5, 0.6) is 0 Å². The second-order valence-electron chi connectivity index (χ2n) is 4.12. The summed E-state index contributed by atoms with van der Waals surface area (Å²) in [6, 6.07) is 6.33. The number of hydrogen-bond acceptors (Lipinski definition) is 7. The molecule has 6 nitrogen and oxygen atoms in total. The molecule has 2 aromatic heterocycles. The highest BCUT2D eigenvalue weighted by atomic mass is 32.1. The van der Waals surface area contributed by atoms with Gasteiger partial charge in [-0.15, -0.1) is 16.4 Å². The predicted octanol–water partition coefficient (Wildman–Crippen LogP) is 2.70. The van der Waals surface area contributed by atoms with E-state index in [0.717, 1.165) is 15.9 Å². The second-order valence-corrected chi connectivity index (χ2v) is 5.00. The van der Waals surface area contributed by atoms with Crippen LogP contribution in [0.1, 0.15) is 18.9 Å². The van der Waals surface area contributed by atoms with Gasteiger partial charge in [0, 0.05) is 5.69 Å². The summed E-state index contributed by atoms with van der Waals surface area (Å²) in [4.78, 5) is 4.24. The van der Waals surface area contributed by atoms with Gasteiger partial charge in [-0.2, -0.15) is 0 Å². The Balaban J connectivity index is 1.82. The van der Waals surface area contributed by atoms with Crippen LogP contribution in [0.2, 0.25) is 0 Å². The molecule has 2 heterocycles. The molecule has 1 unspecified atom stereocenters. The molecule has 0 spiro atoms. The van der Waals surface area contributed by atoms with E-state index in [1.165, 1.54) is 0 Å². The highest BCUT2D eigenvalue weighted by Crippen LogP contribution is 2.24. The molecule has 2 N–H and O–H groups in total. The van der Waals surface area contributed by atoms with Crippen molar-refractivity contribution in [1.29, 1.82) is 0 Å². The minimum Gasteiger partial charge on any atom is -0.406 e. The fraction of sp³-hybridized carbons (Fsp3) is 0.250. The van der Waals surface area contributed by atoms with Crippen LogP contribution in [0.4, 0.5) is 11.7 Å². The van der Waals surface area contributed by atoms with Crippen molar-refractivity contribution in [2.45, 2.75) is 13.0 Å². The molecule has 0 aliphatic carbocycles. The monoisotopic (exact) mass is 275 g/mol. The van der Waals surface area contributed by atoms with Gasteiger partial charge in [0.05, 0.1) is 21.8 Å². The first-order valence-electron chi connectivity index (χ1n) is 5.87. The van der Waals surface area contributed by atoms with Gasteiger partial charge in [-0.05, 0) is 32.2 Å². The molecule has 3 rings (SSSR count). The Morgan fingerprint density at radius 1 is 1.32 bits per heavy atom. The van der Waals surface area contributed by atoms with Crippen molar-refractivity contribution in [3.05, 3.63) is 29.6 Å². The van der Waals surface area contributed by atoms with Gasteiger partial charge in [0.1, 0.15) is 0 Å². The molecule has 0 aliphatic rings. The number of benzene rings is 1. The van der Waals surface area contributed by atoms with Gasteiger partial charge >= 0.3 is 6.01 Å². The number of hydrogen-bond donors (Lipinski definition) is 2. The molecular formula is C12H13N5OS. The van der Waals surface area contributed by atoms with Gasteiger partial charge in [-0.3, -0.25) is 0 Å². The lowest BCUT2D eigenvalue weighted by Crippen LogP contribution is -2.12. The Labute approximate surface area is 113 Å². The fourth-order valence-electron chi connectivity index (χ4n) is 1.64. The zero-order valence-electron chi connectivity index (χ0n) is 10.5. The van der Waals surface area contributed by atoms with Crippen LogP contribution < -0.4 is 10.6 Å². The third kappa shape index (κ3) is 2.42. The molecule has 0 saturated heterocycles. The lowest BCUT2D eigenvalue weighted by Gasteiger charge is -2.03. The van der Waals surface area contributed by atoms with Crippen molar-refractivity contribution in [3.8, 4) is 0 Å². The summed E-state index contributed by atoms with van der Waals surface area (Å²) in [5.41, 5.74) is 3.73. The number of nitrogens with zero attached hydrogens (tertiary/aromatic N) is 3. The SMILES string of the molecule is CNC(C)c1nnc(Nc2ccc3ncsc3c2)o1. The van der Waals surface area contributed by atoms with E-state index < -0.39 is 0 Å². The van der Waals surface area contributed by atoms with Crippen molar-refractivity contribution in [2.75, 3.05) is 12.4 Å². The van der Waals surface area contributed by atoms with E-state index in [-0.39, 0.29) is 6.04 Å². The molecule has 0 fully saturated rings. The highest BCUT2D eigenvalue weighted by molar-refractivity contribution is 7.16. The van der Waals surface area contributed by atoms with E-state index in [9.17, 15) is 0 Å². The molecule has 3 aromatic rings. The molecular weight excluding hydrogens is 262 g/mol. The van der Waals surface area contributed by atoms with Crippen LogP contribution in [0, 0.1) is 0 Å². The largest absolute Gasteiger partial charge is 0.406 e. The van der Waals surface area contributed by atoms with E-state index in [2.05, 4.69) is 25.8 Å². The number of rotatable bonds is 4. The summed E-state index contributed by atoms with van der Waals surface area (Å²) in [6.45, 7) is 1.96. The van der Waals surface area contributed by atoms with Crippen LogP contribution >= 0.6 is 11.3 Å². The first-order valence-corrected chi connectivity index (χ1v) is 6.75. The molecule has 0 bridgehead atoms. The number of thiazole rings is 1. The fourth-order valence-corrected chi connectivity index (χ4v) is 2.36. The minimum absolute atomic E-state index is 0.0343. The summed E-state index contributed by atoms with van der Waals surface area (Å²) in [5, 5.41) is 14.1. The lowest BCUT2D eigenvalue weighted by molar-refractivity contribution is 0.443. The lowest BCUT2D eigenvalue weighted by atomic mass is 10.3. The molecule has 0 aliphatic heterocycles.